The van der Waals surface area contributed by atoms with Crippen molar-refractivity contribution in [3.63, 3.8) is 0 Å². The van der Waals surface area contributed by atoms with Crippen molar-refractivity contribution >= 4 is 46.6 Å². The van der Waals surface area contributed by atoms with Gasteiger partial charge in [0.2, 0.25) is 0 Å². The quantitative estimate of drug-likeness (QED) is 0.697. The van der Waals surface area contributed by atoms with E-state index < -0.39 is 0 Å². The number of carbonyl (C=O) groups is 1. The molecule has 1 heterocycles. The Morgan fingerprint density at radius 2 is 1.74 bits per heavy atom. The highest BCUT2D eigenvalue weighted by Gasteiger charge is 2.28. The van der Waals surface area contributed by atoms with Crippen LogP contribution in [0.4, 0.5) is 5.69 Å². The lowest BCUT2D eigenvalue weighted by Crippen LogP contribution is -2.21. The van der Waals surface area contributed by atoms with Crippen LogP contribution in [0.15, 0.2) is 53.1 Å². The summed E-state index contributed by atoms with van der Waals surface area (Å²) < 4.78 is 0. The molecule has 0 radical (unpaired) electrons. The summed E-state index contributed by atoms with van der Waals surface area (Å²) >= 11 is 12.1. The average molecular weight is 345 g/mol. The first kappa shape index (κ1) is 15.8. The summed E-state index contributed by atoms with van der Waals surface area (Å²) in [6.07, 6.45) is 1.74. The van der Waals surface area contributed by atoms with Gasteiger partial charge in [-0.2, -0.15) is 10.1 Å². The Bertz CT molecular complexity index is 839. The third-order valence-corrected chi connectivity index (χ3v) is 4.17. The minimum atomic E-state index is -0.169. The van der Waals surface area contributed by atoms with Gasteiger partial charge in [0.05, 0.1) is 17.0 Å². The molecule has 0 atom stereocenters. The first-order chi connectivity index (χ1) is 11.0. The molecule has 2 aromatic rings. The van der Waals surface area contributed by atoms with E-state index in [9.17, 15) is 4.79 Å². The lowest BCUT2D eigenvalue weighted by molar-refractivity contribution is -0.114. The second-order valence-corrected chi connectivity index (χ2v) is 6.21. The smallest absolute Gasteiger partial charge is 0.267 e. The second-order valence-electron chi connectivity index (χ2n) is 5.36. The van der Waals surface area contributed by atoms with Crippen LogP contribution < -0.4 is 5.01 Å². The van der Waals surface area contributed by atoms with Gasteiger partial charge in [-0.15, -0.1) is 0 Å². The molecule has 0 aromatic heterocycles. The summed E-state index contributed by atoms with van der Waals surface area (Å²) in [5.41, 5.74) is 3.78. The maximum absolute atomic E-state index is 12.7. The van der Waals surface area contributed by atoms with E-state index in [1.807, 2.05) is 38.1 Å². The van der Waals surface area contributed by atoms with Crippen LogP contribution in [0.1, 0.15) is 18.1 Å². The molecule has 1 aliphatic rings. The van der Waals surface area contributed by atoms with Crippen LogP contribution in [0.5, 0.6) is 0 Å². The van der Waals surface area contributed by atoms with Gasteiger partial charge in [0.1, 0.15) is 0 Å². The summed E-state index contributed by atoms with van der Waals surface area (Å²) in [7, 11) is 0. The van der Waals surface area contributed by atoms with Gasteiger partial charge < -0.3 is 0 Å². The summed E-state index contributed by atoms with van der Waals surface area (Å²) in [6.45, 7) is 3.81. The van der Waals surface area contributed by atoms with Crippen molar-refractivity contribution in [3.8, 4) is 0 Å². The van der Waals surface area contributed by atoms with E-state index in [2.05, 4.69) is 5.10 Å². The highest BCUT2D eigenvalue weighted by Crippen LogP contribution is 2.28. The maximum Gasteiger partial charge on any atom is 0.280 e. The monoisotopic (exact) mass is 344 g/mol. The fourth-order valence-corrected chi connectivity index (χ4v) is 2.78. The van der Waals surface area contributed by atoms with Crippen LogP contribution in [0.3, 0.4) is 0 Å². The number of anilines is 1. The fourth-order valence-electron chi connectivity index (χ4n) is 2.32. The van der Waals surface area contributed by atoms with Gasteiger partial charge in [-0.1, -0.05) is 47.0 Å². The summed E-state index contributed by atoms with van der Waals surface area (Å²) in [5.74, 6) is -0.169. The molecule has 0 bridgehead atoms. The van der Waals surface area contributed by atoms with Gasteiger partial charge >= 0.3 is 0 Å². The van der Waals surface area contributed by atoms with Crippen molar-refractivity contribution in [3.05, 3.63) is 69.2 Å². The lowest BCUT2D eigenvalue weighted by Gasteiger charge is -2.11. The molecule has 116 valence electrons. The number of benzene rings is 2. The summed E-state index contributed by atoms with van der Waals surface area (Å²) in [5, 5.41) is 6.82. The molecule has 5 heteroatoms. The third-order valence-electron chi connectivity index (χ3n) is 3.60. The SMILES string of the molecule is CC1=NN(c2ccc(C)cc2)C(=O)C1=Cc1ccc(Cl)cc1Cl. The highest BCUT2D eigenvalue weighted by molar-refractivity contribution is 6.36. The van der Waals surface area contributed by atoms with E-state index in [0.29, 0.717) is 21.3 Å². The van der Waals surface area contributed by atoms with Gasteiger partial charge in [-0.05, 0) is 49.8 Å². The van der Waals surface area contributed by atoms with E-state index >= 15 is 0 Å². The van der Waals surface area contributed by atoms with Crippen LogP contribution >= 0.6 is 23.2 Å². The molecule has 0 fully saturated rings. The molecule has 2 aromatic carbocycles. The average Bonchev–Trinajstić information content (AvgIpc) is 2.78. The lowest BCUT2D eigenvalue weighted by atomic mass is 10.1. The maximum atomic E-state index is 12.7. The number of hydrogen-bond acceptors (Lipinski definition) is 2. The number of carbonyl (C=O) groups excluding carboxylic acids is 1. The number of amides is 1. The molecule has 0 N–H and O–H groups in total. The number of aryl methyl sites for hydroxylation is 1. The van der Waals surface area contributed by atoms with E-state index in [4.69, 9.17) is 23.2 Å². The van der Waals surface area contributed by atoms with Crippen molar-refractivity contribution in [1.82, 2.24) is 0 Å². The minimum absolute atomic E-state index is 0.169. The van der Waals surface area contributed by atoms with Crippen molar-refractivity contribution < 1.29 is 4.79 Å². The zero-order valence-corrected chi connectivity index (χ0v) is 14.2. The van der Waals surface area contributed by atoms with Gasteiger partial charge in [0.25, 0.3) is 5.91 Å². The Morgan fingerprint density at radius 1 is 1.04 bits per heavy atom. The molecule has 0 saturated carbocycles. The third kappa shape index (κ3) is 3.16. The first-order valence-electron chi connectivity index (χ1n) is 7.09. The Hall–Kier alpha value is -2.10. The van der Waals surface area contributed by atoms with Crippen molar-refractivity contribution in [2.24, 2.45) is 5.10 Å². The van der Waals surface area contributed by atoms with Gasteiger partial charge in [-0.3, -0.25) is 4.79 Å². The van der Waals surface area contributed by atoms with E-state index in [-0.39, 0.29) is 5.91 Å². The number of hydrogen-bond donors (Lipinski definition) is 0. The van der Waals surface area contributed by atoms with Crippen molar-refractivity contribution in [2.75, 3.05) is 5.01 Å². The Morgan fingerprint density at radius 3 is 2.39 bits per heavy atom. The topological polar surface area (TPSA) is 32.7 Å². The molecular formula is C18H14Cl2N2O. The second kappa shape index (κ2) is 6.19. The van der Waals surface area contributed by atoms with Gasteiger partial charge in [0.15, 0.2) is 0 Å². The normalized spacial score (nSPS) is 16.2. The van der Waals surface area contributed by atoms with Gasteiger partial charge in [-0.25, -0.2) is 0 Å². The van der Waals surface area contributed by atoms with E-state index in [1.165, 1.54) is 5.01 Å². The van der Waals surface area contributed by atoms with Crippen LogP contribution in [-0.2, 0) is 4.79 Å². The molecule has 0 spiro atoms. The number of halogens is 2. The molecule has 23 heavy (non-hydrogen) atoms. The Balaban J connectivity index is 1.96. The Labute approximate surface area is 144 Å². The summed E-state index contributed by atoms with van der Waals surface area (Å²) in [6, 6.07) is 12.8. The van der Waals surface area contributed by atoms with Crippen LogP contribution in [0.25, 0.3) is 6.08 Å². The zero-order valence-electron chi connectivity index (χ0n) is 12.7. The standard InChI is InChI=1S/C18H14Cl2N2O/c1-11-3-7-15(8-4-11)22-18(23)16(12(2)21-22)9-13-5-6-14(19)10-17(13)20/h3-10H,1-2H3. The zero-order chi connectivity index (χ0) is 16.6. The van der Waals surface area contributed by atoms with E-state index in [1.54, 1.807) is 24.3 Å². The number of nitrogens with zero attached hydrogens (tertiary/aromatic N) is 2. The summed E-state index contributed by atoms with van der Waals surface area (Å²) in [4.78, 5) is 12.7. The molecule has 1 aliphatic heterocycles. The molecule has 3 nitrogen and oxygen atoms in total. The fraction of sp³-hybridized carbons (Fsp3) is 0.111. The largest absolute Gasteiger partial charge is 0.280 e. The van der Waals surface area contributed by atoms with E-state index in [0.717, 1.165) is 16.8 Å². The first-order valence-corrected chi connectivity index (χ1v) is 7.85. The number of rotatable bonds is 2. The molecule has 1 amide bonds. The van der Waals surface area contributed by atoms with Crippen LogP contribution in [0.2, 0.25) is 10.0 Å². The molecule has 0 aliphatic carbocycles. The van der Waals surface area contributed by atoms with Crippen LogP contribution in [0, 0.1) is 6.92 Å². The number of hydrazone groups is 1. The van der Waals surface area contributed by atoms with Gasteiger partial charge in [0, 0.05) is 10.0 Å². The molecule has 3 rings (SSSR count). The minimum Gasteiger partial charge on any atom is -0.267 e. The van der Waals surface area contributed by atoms with Crippen molar-refractivity contribution in [1.29, 1.82) is 0 Å². The van der Waals surface area contributed by atoms with Crippen molar-refractivity contribution in [2.45, 2.75) is 13.8 Å². The molecular weight excluding hydrogens is 331 g/mol. The molecule has 0 unspecified atom stereocenters. The Kier molecular flexibility index (Phi) is 4.24. The van der Waals surface area contributed by atoms with Crippen LogP contribution in [-0.4, -0.2) is 11.6 Å². The molecule has 0 saturated heterocycles. The predicted octanol–water partition coefficient (Wildman–Crippen LogP) is 5.11. The highest BCUT2D eigenvalue weighted by atomic mass is 35.5. The predicted molar refractivity (Wildman–Crippen MR) is 96.2 cm³/mol.